The Labute approximate surface area is 203 Å². The predicted octanol–water partition coefficient (Wildman–Crippen LogP) is 3.10. The number of rotatable bonds is 23. The van der Waals surface area contributed by atoms with E-state index in [1.54, 1.807) is 0 Å². The Bertz CT molecular complexity index is 519. The summed E-state index contributed by atoms with van der Waals surface area (Å²) in [6.45, 7) is 2.90. The second kappa shape index (κ2) is 21.3. The number of hydrogen-bond acceptors (Lipinski definition) is 9. The van der Waals surface area contributed by atoms with Crippen LogP contribution in [-0.4, -0.2) is 81.5 Å². The molecule has 33 heavy (non-hydrogen) atoms. The lowest BCUT2D eigenvalue weighted by Crippen LogP contribution is -2.33. The van der Waals surface area contributed by atoms with Crippen molar-refractivity contribution in [2.75, 3.05) is 58.6 Å². The van der Waals surface area contributed by atoms with E-state index in [-0.39, 0.29) is 26.1 Å². The second-order valence-electron chi connectivity index (χ2n) is 7.84. The van der Waals surface area contributed by atoms with Crippen molar-refractivity contribution in [3.63, 3.8) is 0 Å². The Morgan fingerprint density at radius 1 is 0.636 bits per heavy atom. The van der Waals surface area contributed by atoms with Gasteiger partial charge in [-0.25, -0.2) is 4.79 Å². The van der Waals surface area contributed by atoms with Gasteiger partial charge in [0.15, 0.2) is 0 Å². The van der Waals surface area contributed by atoms with Crippen molar-refractivity contribution in [3.05, 3.63) is 0 Å². The van der Waals surface area contributed by atoms with Crippen LogP contribution in [0.25, 0.3) is 0 Å². The topological polar surface area (TPSA) is 101 Å². The molecular formula is C23H41NO8S. The Kier molecular flexibility index (Phi) is 19.3. The predicted molar refractivity (Wildman–Crippen MR) is 126 cm³/mol. The molecule has 9 nitrogen and oxygen atoms in total. The summed E-state index contributed by atoms with van der Waals surface area (Å²) in [6, 6.07) is 0. The van der Waals surface area contributed by atoms with E-state index in [9.17, 15) is 14.4 Å². The molecule has 0 aromatic heterocycles. The lowest BCUT2D eigenvalue weighted by atomic mass is 10.1. The molecule has 1 aliphatic heterocycles. The molecule has 0 N–H and O–H groups in total. The molecule has 0 aromatic carbocycles. The highest BCUT2D eigenvalue weighted by molar-refractivity contribution is 7.80. The summed E-state index contributed by atoms with van der Waals surface area (Å²) in [4.78, 5) is 38.9. The van der Waals surface area contributed by atoms with Crippen LogP contribution in [0.3, 0.4) is 0 Å². The molecule has 0 bridgehead atoms. The van der Waals surface area contributed by atoms with Crippen molar-refractivity contribution in [3.8, 4) is 0 Å². The monoisotopic (exact) mass is 491 g/mol. The lowest BCUT2D eigenvalue weighted by molar-refractivity contribution is -0.200. The summed E-state index contributed by atoms with van der Waals surface area (Å²) in [5.74, 6) is -0.817. The van der Waals surface area contributed by atoms with Crippen molar-refractivity contribution in [2.45, 2.75) is 70.6 Å². The fraction of sp³-hybridized carbons (Fsp3) is 0.870. The first-order valence-corrected chi connectivity index (χ1v) is 12.8. The number of carbonyl (C=O) groups excluding carboxylic acids is 3. The molecular weight excluding hydrogens is 450 g/mol. The molecule has 1 rings (SSSR count). The summed E-state index contributed by atoms with van der Waals surface area (Å²) < 4.78 is 21.4. The van der Waals surface area contributed by atoms with Gasteiger partial charge < -0.3 is 23.8 Å². The highest BCUT2D eigenvalue weighted by Crippen LogP contribution is 2.12. The van der Waals surface area contributed by atoms with Crippen LogP contribution in [0.5, 0.6) is 0 Å². The number of hydrogen-bond donors (Lipinski definition) is 1. The SMILES string of the molecule is O=C(COCCOCCOCCOCCCCCCCCCCCS)ON1C(=O)CCC1=O. The summed E-state index contributed by atoms with van der Waals surface area (Å²) in [5.41, 5.74) is 0. The van der Waals surface area contributed by atoms with Gasteiger partial charge in [0.05, 0.1) is 39.6 Å². The van der Waals surface area contributed by atoms with Crippen LogP contribution < -0.4 is 0 Å². The van der Waals surface area contributed by atoms with Crippen LogP contribution in [0, 0.1) is 0 Å². The van der Waals surface area contributed by atoms with Gasteiger partial charge in [0.2, 0.25) is 0 Å². The maximum atomic E-state index is 11.5. The van der Waals surface area contributed by atoms with Gasteiger partial charge in [-0.15, -0.1) is 5.06 Å². The molecule has 1 aliphatic rings. The number of carbonyl (C=O) groups is 3. The van der Waals surface area contributed by atoms with Crippen molar-refractivity contribution in [1.82, 2.24) is 5.06 Å². The maximum absolute atomic E-state index is 11.5. The zero-order valence-corrected chi connectivity index (χ0v) is 20.7. The normalized spacial score (nSPS) is 13.8. The standard InChI is InChI=1S/C23H41NO8S/c25-21-10-11-22(26)24(21)32-23(27)20-31-18-17-30-16-15-29-14-13-28-12-8-6-4-2-1-3-5-7-9-19-33/h33H,1-20H2. The van der Waals surface area contributed by atoms with Gasteiger partial charge >= 0.3 is 5.97 Å². The number of imide groups is 1. The number of amides is 2. The van der Waals surface area contributed by atoms with Crippen molar-refractivity contribution >= 4 is 30.4 Å². The van der Waals surface area contributed by atoms with Gasteiger partial charge in [0.1, 0.15) is 6.61 Å². The van der Waals surface area contributed by atoms with E-state index in [4.69, 9.17) is 18.9 Å². The number of thiol groups is 1. The minimum absolute atomic E-state index is 0.0623. The number of nitrogens with zero attached hydrogens (tertiary/aromatic N) is 1. The first kappa shape index (κ1) is 29.8. The van der Waals surface area contributed by atoms with Crippen LogP contribution >= 0.6 is 12.6 Å². The van der Waals surface area contributed by atoms with E-state index in [1.807, 2.05) is 0 Å². The Morgan fingerprint density at radius 3 is 1.58 bits per heavy atom. The van der Waals surface area contributed by atoms with Gasteiger partial charge in [-0.05, 0) is 18.6 Å². The van der Waals surface area contributed by atoms with E-state index in [2.05, 4.69) is 17.5 Å². The Hall–Kier alpha value is -1.20. The molecule has 10 heteroatoms. The van der Waals surface area contributed by atoms with Gasteiger partial charge in [0, 0.05) is 19.4 Å². The number of unbranched alkanes of at least 4 members (excludes halogenated alkanes) is 8. The van der Waals surface area contributed by atoms with E-state index < -0.39 is 17.8 Å². The third-order valence-electron chi connectivity index (χ3n) is 4.98. The second-order valence-corrected chi connectivity index (χ2v) is 8.29. The first-order chi connectivity index (χ1) is 16.1. The summed E-state index contributed by atoms with van der Waals surface area (Å²) in [7, 11) is 0. The zero-order chi connectivity index (χ0) is 24.0. The van der Waals surface area contributed by atoms with E-state index in [1.165, 1.54) is 51.4 Å². The Morgan fingerprint density at radius 2 is 1.06 bits per heavy atom. The fourth-order valence-corrected chi connectivity index (χ4v) is 3.38. The average molecular weight is 492 g/mol. The van der Waals surface area contributed by atoms with Crippen LogP contribution in [0.2, 0.25) is 0 Å². The molecule has 1 heterocycles. The highest BCUT2D eigenvalue weighted by atomic mass is 32.1. The van der Waals surface area contributed by atoms with Crippen molar-refractivity contribution in [1.29, 1.82) is 0 Å². The summed E-state index contributed by atoms with van der Waals surface area (Å²) in [6.07, 6.45) is 11.6. The smallest absolute Gasteiger partial charge is 0.358 e. The minimum atomic E-state index is -0.794. The molecule has 0 saturated carbocycles. The van der Waals surface area contributed by atoms with Crippen molar-refractivity contribution < 1.29 is 38.2 Å². The average Bonchev–Trinajstić information content (AvgIpc) is 3.12. The van der Waals surface area contributed by atoms with Crippen molar-refractivity contribution in [2.24, 2.45) is 0 Å². The van der Waals surface area contributed by atoms with Gasteiger partial charge in [-0.2, -0.15) is 12.6 Å². The van der Waals surface area contributed by atoms with E-state index >= 15 is 0 Å². The molecule has 192 valence electrons. The van der Waals surface area contributed by atoms with E-state index in [0.29, 0.717) is 38.1 Å². The molecule has 0 aliphatic carbocycles. The minimum Gasteiger partial charge on any atom is -0.379 e. The summed E-state index contributed by atoms with van der Waals surface area (Å²) >= 11 is 4.23. The van der Waals surface area contributed by atoms with Crippen LogP contribution in [0.15, 0.2) is 0 Å². The largest absolute Gasteiger partial charge is 0.379 e. The molecule has 1 saturated heterocycles. The molecule has 2 amide bonds. The maximum Gasteiger partial charge on any atom is 0.358 e. The molecule has 0 radical (unpaired) electrons. The molecule has 1 fully saturated rings. The fourth-order valence-electron chi connectivity index (χ4n) is 3.15. The highest BCUT2D eigenvalue weighted by Gasteiger charge is 2.32. The van der Waals surface area contributed by atoms with Crippen LogP contribution in [-0.2, 0) is 38.2 Å². The van der Waals surface area contributed by atoms with Crippen LogP contribution in [0.4, 0.5) is 0 Å². The first-order valence-electron chi connectivity index (χ1n) is 12.1. The molecule has 0 atom stereocenters. The van der Waals surface area contributed by atoms with Crippen LogP contribution in [0.1, 0.15) is 70.6 Å². The number of hydroxylamine groups is 2. The Balaban J connectivity index is 1.72. The quantitative estimate of drug-likeness (QED) is 0.132. The molecule has 0 spiro atoms. The summed E-state index contributed by atoms with van der Waals surface area (Å²) in [5, 5.41) is 0.499. The van der Waals surface area contributed by atoms with Gasteiger partial charge in [0.25, 0.3) is 11.8 Å². The number of ether oxygens (including phenoxy) is 4. The lowest BCUT2D eigenvalue weighted by Gasteiger charge is -2.12. The zero-order valence-electron chi connectivity index (χ0n) is 19.8. The molecule has 0 aromatic rings. The van der Waals surface area contributed by atoms with E-state index in [0.717, 1.165) is 18.8 Å². The van der Waals surface area contributed by atoms with Gasteiger partial charge in [-0.1, -0.05) is 44.9 Å². The molecule has 0 unspecified atom stereocenters. The third-order valence-corrected chi connectivity index (χ3v) is 5.30. The third kappa shape index (κ3) is 17.0. The van der Waals surface area contributed by atoms with Gasteiger partial charge in [-0.3, -0.25) is 9.59 Å².